The van der Waals surface area contributed by atoms with E-state index in [0.29, 0.717) is 45.2 Å². The Balaban J connectivity index is 1.77. The highest BCUT2D eigenvalue weighted by Gasteiger charge is 2.22. The first kappa shape index (κ1) is 21.4. The van der Waals surface area contributed by atoms with Gasteiger partial charge in [-0.3, -0.25) is 9.36 Å². The van der Waals surface area contributed by atoms with Crippen LogP contribution >= 0.6 is 23.2 Å². The lowest BCUT2D eigenvalue weighted by molar-refractivity contribution is 0.635. The van der Waals surface area contributed by atoms with Gasteiger partial charge in [0.05, 0.1) is 28.5 Å². The monoisotopic (exact) mass is 482 g/mol. The number of aromatic amines is 1. The van der Waals surface area contributed by atoms with Gasteiger partial charge in [0.25, 0.3) is 5.56 Å². The Bertz CT molecular complexity index is 1560. The molecule has 0 aliphatic rings. The summed E-state index contributed by atoms with van der Waals surface area (Å²) in [6.45, 7) is 1.97. The van der Waals surface area contributed by atoms with Gasteiger partial charge in [0, 0.05) is 10.7 Å². The maximum atomic E-state index is 14.7. The van der Waals surface area contributed by atoms with Crippen molar-refractivity contribution in [2.75, 3.05) is 5.32 Å². The van der Waals surface area contributed by atoms with Crippen molar-refractivity contribution >= 4 is 51.0 Å². The summed E-state index contributed by atoms with van der Waals surface area (Å²) in [6, 6.07) is 10.8. The van der Waals surface area contributed by atoms with Crippen LogP contribution in [0.3, 0.4) is 0 Å². The van der Waals surface area contributed by atoms with Crippen LogP contribution in [-0.2, 0) is 0 Å². The number of imidazole rings is 1. The van der Waals surface area contributed by atoms with Crippen molar-refractivity contribution in [3.05, 3.63) is 87.0 Å². The van der Waals surface area contributed by atoms with E-state index >= 15 is 0 Å². The minimum absolute atomic E-state index is 0.0138. The Labute approximate surface area is 197 Å². The third-order valence-corrected chi connectivity index (χ3v) is 6.01. The van der Waals surface area contributed by atoms with Crippen LogP contribution in [0, 0.1) is 5.82 Å². The van der Waals surface area contributed by atoms with E-state index in [0.717, 1.165) is 0 Å². The zero-order chi connectivity index (χ0) is 23.1. The van der Waals surface area contributed by atoms with Gasteiger partial charge >= 0.3 is 0 Å². The molecular formula is C23H17Cl2FN6O. The van der Waals surface area contributed by atoms with Crippen LogP contribution in [0.4, 0.5) is 10.2 Å². The number of hydrogen-bond acceptors (Lipinski definition) is 5. The average molecular weight is 483 g/mol. The normalized spacial score (nSPS) is 12.4. The zero-order valence-corrected chi connectivity index (χ0v) is 18.8. The van der Waals surface area contributed by atoms with Crippen molar-refractivity contribution in [3.8, 4) is 5.69 Å². The van der Waals surface area contributed by atoms with Gasteiger partial charge in [0.15, 0.2) is 11.5 Å². The van der Waals surface area contributed by atoms with Gasteiger partial charge < -0.3 is 10.3 Å². The molecular weight excluding hydrogens is 466 g/mol. The van der Waals surface area contributed by atoms with Crippen LogP contribution in [0.5, 0.6) is 0 Å². The van der Waals surface area contributed by atoms with E-state index in [2.05, 4.69) is 25.3 Å². The van der Waals surface area contributed by atoms with Crippen LogP contribution in [0.15, 0.2) is 59.9 Å². The lowest BCUT2D eigenvalue weighted by Gasteiger charge is -2.24. The number of aromatic nitrogens is 5. The van der Waals surface area contributed by atoms with Crippen molar-refractivity contribution in [1.82, 2.24) is 24.5 Å². The molecule has 166 valence electrons. The second-order valence-electron chi connectivity index (χ2n) is 7.44. The van der Waals surface area contributed by atoms with Crippen molar-refractivity contribution in [2.45, 2.75) is 19.4 Å². The van der Waals surface area contributed by atoms with Crippen LogP contribution in [0.25, 0.3) is 27.6 Å². The molecule has 0 bridgehead atoms. The molecule has 0 radical (unpaired) electrons. The molecule has 0 aliphatic heterocycles. The van der Waals surface area contributed by atoms with E-state index in [1.807, 2.05) is 6.92 Å². The number of anilines is 1. The fourth-order valence-corrected chi connectivity index (χ4v) is 4.42. The molecule has 0 amide bonds. The summed E-state index contributed by atoms with van der Waals surface area (Å²) in [6.07, 6.45) is 3.54. The van der Waals surface area contributed by atoms with Crippen molar-refractivity contribution in [2.24, 2.45) is 0 Å². The first-order chi connectivity index (χ1) is 16.0. The summed E-state index contributed by atoms with van der Waals surface area (Å²) in [5.41, 5.74) is 1.64. The minimum Gasteiger partial charge on any atom is -0.360 e. The summed E-state index contributed by atoms with van der Waals surface area (Å²) in [4.78, 5) is 29.3. The first-order valence-corrected chi connectivity index (χ1v) is 10.9. The molecule has 0 saturated heterocycles. The number of benzene rings is 2. The van der Waals surface area contributed by atoms with E-state index in [-0.39, 0.29) is 16.5 Å². The van der Waals surface area contributed by atoms with Gasteiger partial charge in [-0.05, 0) is 42.1 Å². The van der Waals surface area contributed by atoms with Gasteiger partial charge in [-0.1, -0.05) is 42.3 Å². The zero-order valence-electron chi connectivity index (χ0n) is 17.3. The minimum atomic E-state index is -0.598. The average Bonchev–Trinajstić information content (AvgIpc) is 3.28. The number of rotatable bonds is 5. The Kier molecular flexibility index (Phi) is 5.47. The lowest BCUT2D eigenvalue weighted by atomic mass is 10.0. The summed E-state index contributed by atoms with van der Waals surface area (Å²) in [7, 11) is 0. The standard InChI is InChI=1S/C23H17Cl2FN6O/c1-2-16(31-22-20-21(28-10-27-20)29-11-30-22)18-8-12-4-3-5-15(26)19(12)23(33)32(18)17-7-6-13(24)9-14(17)25/h3-11,16H,2H2,1H3,(H2,27,28,29,30,31)/t16-/m0/s1. The smallest absolute Gasteiger partial charge is 0.266 e. The molecule has 0 saturated carbocycles. The molecule has 5 rings (SSSR count). The van der Waals surface area contributed by atoms with Gasteiger partial charge in [-0.2, -0.15) is 0 Å². The molecule has 10 heteroatoms. The molecule has 33 heavy (non-hydrogen) atoms. The van der Waals surface area contributed by atoms with Gasteiger partial charge in [0.2, 0.25) is 0 Å². The Hall–Kier alpha value is -3.49. The first-order valence-electron chi connectivity index (χ1n) is 10.2. The molecule has 7 nitrogen and oxygen atoms in total. The fourth-order valence-electron chi connectivity index (χ4n) is 3.93. The van der Waals surface area contributed by atoms with E-state index in [4.69, 9.17) is 23.2 Å². The maximum absolute atomic E-state index is 14.7. The predicted octanol–water partition coefficient (Wildman–Crippen LogP) is 5.67. The van der Waals surface area contributed by atoms with Crippen molar-refractivity contribution in [3.63, 3.8) is 0 Å². The number of fused-ring (bicyclic) bond motifs is 2. The molecule has 2 N–H and O–H groups in total. The molecule has 3 aromatic heterocycles. The lowest BCUT2D eigenvalue weighted by Crippen LogP contribution is -2.27. The summed E-state index contributed by atoms with van der Waals surface area (Å²) in [5, 5.41) is 4.56. The SMILES string of the molecule is CC[C@H](Nc1ncnc2nc[nH]c12)c1cc2cccc(F)c2c(=O)n1-c1ccc(Cl)cc1Cl. The molecule has 1 atom stereocenters. The van der Waals surface area contributed by atoms with Crippen LogP contribution in [0.1, 0.15) is 25.1 Å². The maximum Gasteiger partial charge on any atom is 0.266 e. The van der Waals surface area contributed by atoms with Crippen LogP contribution < -0.4 is 10.9 Å². The molecule has 0 spiro atoms. The van der Waals surface area contributed by atoms with E-state index in [1.165, 1.54) is 23.3 Å². The Morgan fingerprint density at radius 1 is 1.15 bits per heavy atom. The number of halogens is 3. The molecule has 0 aliphatic carbocycles. The summed E-state index contributed by atoms with van der Waals surface area (Å²) >= 11 is 12.6. The third-order valence-electron chi connectivity index (χ3n) is 5.47. The highest BCUT2D eigenvalue weighted by atomic mass is 35.5. The fraction of sp³-hybridized carbons (Fsp3) is 0.130. The molecule has 0 fully saturated rings. The molecule has 5 aromatic rings. The number of nitrogens with zero attached hydrogens (tertiary/aromatic N) is 4. The van der Waals surface area contributed by atoms with Crippen LogP contribution in [0.2, 0.25) is 10.0 Å². The quantitative estimate of drug-likeness (QED) is 0.337. The third kappa shape index (κ3) is 3.71. The Morgan fingerprint density at radius 3 is 2.79 bits per heavy atom. The number of H-pyrrole nitrogens is 1. The van der Waals surface area contributed by atoms with Crippen molar-refractivity contribution < 1.29 is 4.39 Å². The predicted molar refractivity (Wildman–Crippen MR) is 128 cm³/mol. The highest BCUT2D eigenvalue weighted by Crippen LogP contribution is 2.31. The number of pyridine rings is 1. The number of hydrogen-bond donors (Lipinski definition) is 2. The highest BCUT2D eigenvalue weighted by molar-refractivity contribution is 6.35. The Morgan fingerprint density at radius 2 is 2.00 bits per heavy atom. The summed E-state index contributed by atoms with van der Waals surface area (Å²) < 4.78 is 16.1. The van der Waals surface area contributed by atoms with Crippen molar-refractivity contribution in [1.29, 1.82) is 0 Å². The van der Waals surface area contributed by atoms with Gasteiger partial charge in [-0.25, -0.2) is 19.3 Å². The molecule has 3 heterocycles. The van der Waals surface area contributed by atoms with E-state index in [9.17, 15) is 9.18 Å². The second-order valence-corrected chi connectivity index (χ2v) is 8.28. The summed E-state index contributed by atoms with van der Waals surface area (Å²) in [5.74, 6) is -0.0660. The van der Waals surface area contributed by atoms with Crippen LogP contribution in [-0.4, -0.2) is 24.5 Å². The van der Waals surface area contributed by atoms with E-state index in [1.54, 1.807) is 36.4 Å². The number of nitrogens with one attached hydrogen (secondary N) is 2. The topological polar surface area (TPSA) is 88.5 Å². The van der Waals surface area contributed by atoms with Gasteiger partial charge in [-0.15, -0.1) is 0 Å². The van der Waals surface area contributed by atoms with Gasteiger partial charge in [0.1, 0.15) is 17.7 Å². The molecule has 2 aromatic carbocycles. The van der Waals surface area contributed by atoms with E-state index < -0.39 is 11.4 Å². The molecule has 0 unspecified atom stereocenters. The largest absolute Gasteiger partial charge is 0.360 e. The second kappa shape index (κ2) is 8.46.